The first-order chi connectivity index (χ1) is 12.2. The molecule has 3 heterocycles. The average Bonchev–Trinajstić information content (AvgIpc) is 3.14. The molecular formula is C15H8F5N5O. The number of alkyl halides is 5. The maximum Gasteiger partial charge on any atom is 0.435 e. The van der Waals surface area contributed by atoms with Crippen molar-refractivity contribution >= 4 is 22.1 Å². The number of aromatic amines is 2. The molecule has 0 atom stereocenters. The highest BCUT2D eigenvalue weighted by atomic mass is 19.4. The van der Waals surface area contributed by atoms with Crippen LogP contribution in [-0.4, -0.2) is 24.7 Å². The molecule has 0 unspecified atom stereocenters. The van der Waals surface area contributed by atoms with Gasteiger partial charge in [-0.05, 0) is 23.8 Å². The quantitative estimate of drug-likeness (QED) is 0.529. The van der Waals surface area contributed by atoms with Gasteiger partial charge in [-0.2, -0.15) is 27.1 Å². The molecule has 0 fully saturated rings. The van der Waals surface area contributed by atoms with Gasteiger partial charge in [0.15, 0.2) is 11.3 Å². The summed E-state index contributed by atoms with van der Waals surface area (Å²) >= 11 is 0. The van der Waals surface area contributed by atoms with Crippen LogP contribution >= 0.6 is 0 Å². The van der Waals surface area contributed by atoms with Crippen molar-refractivity contribution in [2.45, 2.75) is 12.7 Å². The van der Waals surface area contributed by atoms with Crippen LogP contribution in [0, 0.1) is 0 Å². The van der Waals surface area contributed by atoms with Crippen molar-refractivity contribution in [1.82, 2.24) is 24.7 Å². The molecule has 0 saturated carbocycles. The van der Waals surface area contributed by atoms with Crippen LogP contribution in [0.2, 0.25) is 0 Å². The minimum atomic E-state index is -4.89. The molecule has 1 aromatic carbocycles. The average molecular weight is 369 g/mol. The van der Waals surface area contributed by atoms with Crippen molar-refractivity contribution in [2.24, 2.45) is 0 Å². The first-order valence-electron chi connectivity index (χ1n) is 7.20. The molecule has 0 radical (unpaired) electrons. The lowest BCUT2D eigenvalue weighted by Gasteiger charge is -2.07. The van der Waals surface area contributed by atoms with Crippen LogP contribution in [0.1, 0.15) is 12.2 Å². The summed E-state index contributed by atoms with van der Waals surface area (Å²) in [5, 5.41) is 3.40. The third kappa shape index (κ3) is 2.61. The summed E-state index contributed by atoms with van der Waals surface area (Å²) in [5.74, 6) is 0. The van der Waals surface area contributed by atoms with Crippen LogP contribution in [0.15, 0.2) is 35.3 Å². The van der Waals surface area contributed by atoms with Crippen molar-refractivity contribution in [3.63, 3.8) is 0 Å². The summed E-state index contributed by atoms with van der Waals surface area (Å²) < 4.78 is 65.0. The third-order valence-electron chi connectivity index (χ3n) is 3.81. The SMILES string of the molecule is O=c1[nH]c2cc3cc(-c4cn(C(F)F)nc4C(F)(F)F)ccc3nc2[nH]1. The van der Waals surface area contributed by atoms with E-state index in [2.05, 4.69) is 20.1 Å². The number of H-pyrrole nitrogens is 2. The molecule has 4 rings (SSSR count). The first kappa shape index (κ1) is 16.2. The molecule has 134 valence electrons. The predicted octanol–water partition coefficient (Wildman–Crippen LogP) is 3.68. The van der Waals surface area contributed by atoms with E-state index in [0.29, 0.717) is 28.3 Å². The number of fused-ring (bicyclic) bond motifs is 2. The number of benzene rings is 1. The van der Waals surface area contributed by atoms with Gasteiger partial charge in [-0.3, -0.25) is 4.98 Å². The molecular weight excluding hydrogens is 361 g/mol. The number of rotatable bonds is 2. The Labute approximate surface area is 140 Å². The second-order valence-corrected chi connectivity index (χ2v) is 5.52. The number of nitrogens with one attached hydrogen (secondary N) is 2. The number of aromatic nitrogens is 5. The summed E-state index contributed by atoms with van der Waals surface area (Å²) in [7, 11) is 0. The maximum atomic E-state index is 13.2. The number of imidazole rings is 1. The molecule has 0 aliphatic rings. The van der Waals surface area contributed by atoms with Gasteiger partial charge in [-0.15, -0.1) is 0 Å². The third-order valence-corrected chi connectivity index (χ3v) is 3.81. The van der Waals surface area contributed by atoms with E-state index in [1.54, 1.807) is 0 Å². The standard InChI is InChI=1S/C15H8F5N5O/c16-13(17)25-5-8(11(24-25)15(18,19)20)6-1-2-9-7(3-6)4-10-12(21-9)23-14(26)22-10/h1-5,13H,(H2,21,22,23,26). The van der Waals surface area contributed by atoms with Gasteiger partial charge in [0, 0.05) is 17.1 Å². The van der Waals surface area contributed by atoms with Crippen molar-refractivity contribution in [1.29, 1.82) is 0 Å². The van der Waals surface area contributed by atoms with Gasteiger partial charge < -0.3 is 4.98 Å². The summed E-state index contributed by atoms with van der Waals surface area (Å²) in [5.41, 5.74) is -1.19. The van der Waals surface area contributed by atoms with E-state index in [1.165, 1.54) is 24.3 Å². The monoisotopic (exact) mass is 369 g/mol. The zero-order valence-electron chi connectivity index (χ0n) is 12.6. The number of hydrogen-bond donors (Lipinski definition) is 2. The Morgan fingerprint density at radius 3 is 2.58 bits per heavy atom. The fraction of sp³-hybridized carbons (Fsp3) is 0.133. The fourth-order valence-electron chi connectivity index (χ4n) is 2.71. The van der Waals surface area contributed by atoms with Gasteiger partial charge in [-0.25, -0.2) is 14.5 Å². The van der Waals surface area contributed by atoms with E-state index in [-0.39, 0.29) is 10.2 Å². The molecule has 26 heavy (non-hydrogen) atoms. The van der Waals surface area contributed by atoms with Gasteiger partial charge in [-0.1, -0.05) is 6.07 Å². The van der Waals surface area contributed by atoms with Crippen LogP contribution in [0.3, 0.4) is 0 Å². The molecule has 4 aromatic rings. The van der Waals surface area contributed by atoms with Crippen molar-refractivity contribution in [3.8, 4) is 11.1 Å². The van der Waals surface area contributed by atoms with Gasteiger partial charge in [0.05, 0.1) is 11.0 Å². The Balaban J connectivity index is 1.93. The van der Waals surface area contributed by atoms with Crippen molar-refractivity contribution < 1.29 is 22.0 Å². The summed E-state index contributed by atoms with van der Waals surface area (Å²) in [6.07, 6.45) is -4.24. The summed E-state index contributed by atoms with van der Waals surface area (Å²) in [6.45, 7) is -3.20. The highest BCUT2D eigenvalue weighted by molar-refractivity contribution is 5.92. The van der Waals surface area contributed by atoms with Crippen molar-refractivity contribution in [2.75, 3.05) is 0 Å². The lowest BCUT2D eigenvalue weighted by molar-refractivity contribution is -0.141. The number of pyridine rings is 1. The second kappa shape index (κ2) is 5.38. The summed E-state index contributed by atoms with van der Waals surface area (Å²) in [6, 6.07) is 5.67. The number of hydrogen-bond acceptors (Lipinski definition) is 3. The largest absolute Gasteiger partial charge is 0.435 e. The Morgan fingerprint density at radius 2 is 1.88 bits per heavy atom. The molecule has 0 aliphatic carbocycles. The van der Waals surface area contributed by atoms with Gasteiger partial charge in [0.2, 0.25) is 0 Å². The zero-order chi connectivity index (χ0) is 18.6. The minimum absolute atomic E-state index is 0.0343. The maximum absolute atomic E-state index is 13.2. The lowest BCUT2D eigenvalue weighted by atomic mass is 10.0. The van der Waals surface area contributed by atoms with Crippen LogP contribution in [0.25, 0.3) is 33.2 Å². The van der Waals surface area contributed by atoms with E-state index in [1.807, 2.05) is 0 Å². The topological polar surface area (TPSA) is 79.4 Å². The minimum Gasteiger partial charge on any atom is -0.304 e. The summed E-state index contributed by atoms with van der Waals surface area (Å²) in [4.78, 5) is 20.5. The van der Waals surface area contributed by atoms with Crippen LogP contribution in [-0.2, 0) is 6.18 Å². The zero-order valence-corrected chi connectivity index (χ0v) is 12.6. The van der Waals surface area contributed by atoms with E-state index < -0.39 is 29.7 Å². The molecule has 6 nitrogen and oxygen atoms in total. The van der Waals surface area contributed by atoms with Crippen LogP contribution in [0.4, 0.5) is 22.0 Å². The van der Waals surface area contributed by atoms with E-state index in [9.17, 15) is 26.7 Å². The fourth-order valence-corrected chi connectivity index (χ4v) is 2.71. The molecule has 0 aliphatic heterocycles. The van der Waals surface area contributed by atoms with Crippen molar-refractivity contribution in [3.05, 3.63) is 46.6 Å². The van der Waals surface area contributed by atoms with Gasteiger partial charge in [0.1, 0.15) is 0 Å². The normalized spacial score (nSPS) is 12.5. The molecule has 0 bridgehead atoms. The Bertz CT molecular complexity index is 1190. The van der Waals surface area contributed by atoms with E-state index in [0.717, 1.165) is 0 Å². The molecule has 2 N–H and O–H groups in total. The van der Waals surface area contributed by atoms with Crippen LogP contribution in [0.5, 0.6) is 0 Å². The lowest BCUT2D eigenvalue weighted by Crippen LogP contribution is -2.09. The van der Waals surface area contributed by atoms with E-state index in [4.69, 9.17) is 0 Å². The Kier molecular flexibility index (Phi) is 3.36. The van der Waals surface area contributed by atoms with Gasteiger partial charge >= 0.3 is 18.4 Å². The Hall–Kier alpha value is -3.24. The highest BCUT2D eigenvalue weighted by Gasteiger charge is 2.38. The predicted molar refractivity (Wildman–Crippen MR) is 81.7 cm³/mol. The molecule has 3 aromatic heterocycles. The highest BCUT2D eigenvalue weighted by Crippen LogP contribution is 2.37. The molecule has 0 spiro atoms. The number of halogens is 5. The smallest absolute Gasteiger partial charge is 0.304 e. The van der Waals surface area contributed by atoms with Gasteiger partial charge in [0.25, 0.3) is 0 Å². The first-order valence-corrected chi connectivity index (χ1v) is 7.20. The Morgan fingerprint density at radius 1 is 1.12 bits per heavy atom. The van der Waals surface area contributed by atoms with Crippen LogP contribution < -0.4 is 5.69 Å². The van der Waals surface area contributed by atoms with E-state index >= 15 is 0 Å². The number of nitrogens with zero attached hydrogens (tertiary/aromatic N) is 3. The molecule has 0 amide bonds. The molecule has 11 heteroatoms. The molecule has 0 saturated heterocycles. The second-order valence-electron chi connectivity index (χ2n) is 5.52.